The average molecular weight is 259 g/mol. The van der Waals surface area contributed by atoms with Gasteiger partial charge in [-0.15, -0.1) is 11.6 Å². The molecule has 0 atom stereocenters. The van der Waals surface area contributed by atoms with Crippen LogP contribution < -0.4 is 4.74 Å². The van der Waals surface area contributed by atoms with Crippen LogP contribution in [-0.2, 0) is 9.53 Å². The molecule has 0 spiro atoms. The number of phenols is 1. The fraction of sp³-hybridized carbons (Fsp3) is 0.417. The third kappa shape index (κ3) is 4.15. The van der Waals surface area contributed by atoms with Crippen LogP contribution >= 0.6 is 11.6 Å². The molecule has 0 heterocycles. The van der Waals surface area contributed by atoms with Crippen LogP contribution in [-0.4, -0.2) is 30.2 Å². The summed E-state index contributed by atoms with van der Waals surface area (Å²) in [5.74, 6) is 0.0656. The Morgan fingerprint density at radius 1 is 1.41 bits per heavy atom. The maximum absolute atomic E-state index is 11.2. The average Bonchev–Trinajstić information content (AvgIpc) is 2.29. The second kappa shape index (κ2) is 6.35. The van der Waals surface area contributed by atoms with Gasteiger partial charge in [-0.05, 0) is 31.0 Å². The quantitative estimate of drug-likeness (QED) is 0.650. The summed E-state index contributed by atoms with van der Waals surface area (Å²) >= 11 is 5.37. The van der Waals surface area contributed by atoms with Gasteiger partial charge in [-0.3, -0.25) is 0 Å². The molecule has 0 fully saturated rings. The standard InChI is InChI=1S/C12H15ClO4/c1-8-5-9(2)12(15)10(6-8)17-7-11(14)16-4-3-13/h5-6,15H,3-4,7H2,1-2H3. The van der Waals surface area contributed by atoms with Crippen molar-refractivity contribution in [1.29, 1.82) is 0 Å². The van der Waals surface area contributed by atoms with Crippen LogP contribution in [0.1, 0.15) is 11.1 Å². The summed E-state index contributed by atoms with van der Waals surface area (Å²) in [5, 5.41) is 9.71. The van der Waals surface area contributed by atoms with Gasteiger partial charge < -0.3 is 14.6 Å². The summed E-state index contributed by atoms with van der Waals surface area (Å²) in [5.41, 5.74) is 1.65. The fourth-order valence-corrected chi connectivity index (χ4v) is 1.44. The number of esters is 1. The lowest BCUT2D eigenvalue weighted by Gasteiger charge is -2.10. The van der Waals surface area contributed by atoms with Gasteiger partial charge in [0.2, 0.25) is 0 Å². The Balaban J connectivity index is 2.60. The predicted molar refractivity (Wildman–Crippen MR) is 64.8 cm³/mol. The Hall–Kier alpha value is -1.42. The van der Waals surface area contributed by atoms with E-state index >= 15 is 0 Å². The number of rotatable bonds is 5. The smallest absolute Gasteiger partial charge is 0.344 e. The number of halogens is 1. The molecule has 0 bridgehead atoms. The predicted octanol–water partition coefficient (Wildman–Crippen LogP) is 2.17. The molecule has 1 rings (SSSR count). The first-order chi connectivity index (χ1) is 8.04. The number of carbonyl (C=O) groups excluding carboxylic acids is 1. The number of phenolic OH excluding ortho intramolecular Hbond substituents is 1. The molecule has 94 valence electrons. The second-order valence-corrected chi connectivity index (χ2v) is 4.00. The molecule has 5 heteroatoms. The Labute approximate surface area is 105 Å². The number of hydrogen-bond acceptors (Lipinski definition) is 4. The molecule has 1 aromatic rings. The first-order valence-electron chi connectivity index (χ1n) is 5.19. The van der Waals surface area contributed by atoms with Gasteiger partial charge in [0.1, 0.15) is 6.61 Å². The van der Waals surface area contributed by atoms with Crippen LogP contribution in [0.25, 0.3) is 0 Å². The molecule has 4 nitrogen and oxygen atoms in total. The minimum Gasteiger partial charge on any atom is -0.504 e. The maximum Gasteiger partial charge on any atom is 0.344 e. The van der Waals surface area contributed by atoms with Gasteiger partial charge in [-0.1, -0.05) is 6.07 Å². The third-order valence-electron chi connectivity index (χ3n) is 2.10. The zero-order chi connectivity index (χ0) is 12.8. The van der Waals surface area contributed by atoms with Crippen LogP contribution in [0.2, 0.25) is 0 Å². The molecular formula is C12H15ClO4. The molecule has 0 aliphatic carbocycles. The van der Waals surface area contributed by atoms with E-state index < -0.39 is 5.97 Å². The van der Waals surface area contributed by atoms with E-state index in [-0.39, 0.29) is 30.6 Å². The monoisotopic (exact) mass is 258 g/mol. The molecule has 0 unspecified atom stereocenters. The molecular weight excluding hydrogens is 244 g/mol. The van der Waals surface area contributed by atoms with E-state index in [2.05, 4.69) is 0 Å². The normalized spacial score (nSPS) is 10.1. The molecule has 0 radical (unpaired) electrons. The number of alkyl halides is 1. The lowest BCUT2D eigenvalue weighted by molar-refractivity contribution is -0.145. The summed E-state index contributed by atoms with van der Waals surface area (Å²) in [7, 11) is 0. The van der Waals surface area contributed by atoms with E-state index in [0.29, 0.717) is 5.56 Å². The summed E-state index contributed by atoms with van der Waals surface area (Å²) in [4.78, 5) is 11.2. The highest BCUT2D eigenvalue weighted by Gasteiger charge is 2.09. The number of aromatic hydroxyl groups is 1. The van der Waals surface area contributed by atoms with Gasteiger partial charge in [-0.2, -0.15) is 0 Å². The summed E-state index contributed by atoms with van der Waals surface area (Å²) in [6.07, 6.45) is 0. The number of carbonyl (C=O) groups is 1. The Morgan fingerprint density at radius 3 is 2.76 bits per heavy atom. The van der Waals surface area contributed by atoms with Crippen molar-refractivity contribution in [3.05, 3.63) is 23.3 Å². The molecule has 0 aromatic heterocycles. The van der Waals surface area contributed by atoms with Gasteiger partial charge in [-0.25, -0.2) is 4.79 Å². The van der Waals surface area contributed by atoms with Crippen LogP contribution in [0.4, 0.5) is 0 Å². The highest BCUT2D eigenvalue weighted by atomic mass is 35.5. The highest BCUT2D eigenvalue weighted by molar-refractivity contribution is 6.18. The molecule has 1 N–H and O–H groups in total. The van der Waals surface area contributed by atoms with Gasteiger partial charge in [0, 0.05) is 0 Å². The van der Waals surface area contributed by atoms with Crippen molar-refractivity contribution in [2.45, 2.75) is 13.8 Å². The largest absolute Gasteiger partial charge is 0.504 e. The summed E-state index contributed by atoms with van der Waals surface area (Å²) < 4.78 is 9.93. The van der Waals surface area contributed by atoms with E-state index in [4.69, 9.17) is 21.1 Å². The zero-order valence-corrected chi connectivity index (χ0v) is 10.6. The lowest BCUT2D eigenvalue weighted by Crippen LogP contribution is -2.16. The van der Waals surface area contributed by atoms with Gasteiger partial charge in [0.05, 0.1) is 5.88 Å². The van der Waals surface area contributed by atoms with E-state index in [1.165, 1.54) is 0 Å². The highest BCUT2D eigenvalue weighted by Crippen LogP contribution is 2.30. The van der Waals surface area contributed by atoms with Crippen molar-refractivity contribution >= 4 is 17.6 Å². The SMILES string of the molecule is Cc1cc(C)c(O)c(OCC(=O)OCCCl)c1. The topological polar surface area (TPSA) is 55.8 Å². The number of hydrogen-bond donors (Lipinski definition) is 1. The first-order valence-corrected chi connectivity index (χ1v) is 5.72. The van der Waals surface area contributed by atoms with Gasteiger partial charge in [0.25, 0.3) is 0 Å². The molecule has 0 saturated heterocycles. The van der Waals surface area contributed by atoms with Crippen molar-refractivity contribution in [3.63, 3.8) is 0 Å². The number of benzene rings is 1. The first kappa shape index (κ1) is 13.6. The van der Waals surface area contributed by atoms with Crippen LogP contribution in [0.5, 0.6) is 11.5 Å². The zero-order valence-electron chi connectivity index (χ0n) is 9.83. The van der Waals surface area contributed by atoms with Gasteiger partial charge in [0.15, 0.2) is 18.1 Å². The van der Waals surface area contributed by atoms with Crippen LogP contribution in [0.3, 0.4) is 0 Å². The van der Waals surface area contributed by atoms with E-state index in [9.17, 15) is 9.90 Å². The van der Waals surface area contributed by atoms with Gasteiger partial charge >= 0.3 is 5.97 Å². The molecule has 0 saturated carbocycles. The third-order valence-corrected chi connectivity index (χ3v) is 2.25. The Kier molecular flexibility index (Phi) is 5.10. The Morgan fingerprint density at radius 2 is 2.12 bits per heavy atom. The minimum absolute atomic E-state index is 0.0424. The van der Waals surface area contributed by atoms with E-state index in [1.807, 2.05) is 13.0 Å². The number of ether oxygens (including phenoxy) is 2. The van der Waals surface area contributed by atoms with Crippen molar-refractivity contribution in [2.24, 2.45) is 0 Å². The maximum atomic E-state index is 11.2. The van der Waals surface area contributed by atoms with Crippen LogP contribution in [0, 0.1) is 13.8 Å². The van der Waals surface area contributed by atoms with Crippen molar-refractivity contribution in [3.8, 4) is 11.5 Å². The molecule has 0 aliphatic rings. The molecule has 1 aromatic carbocycles. The lowest BCUT2D eigenvalue weighted by atomic mass is 10.1. The van der Waals surface area contributed by atoms with E-state index in [1.54, 1.807) is 13.0 Å². The molecule has 0 aliphatic heterocycles. The fourth-order valence-electron chi connectivity index (χ4n) is 1.36. The Bertz CT molecular complexity index is 404. The number of aryl methyl sites for hydroxylation is 2. The summed E-state index contributed by atoms with van der Waals surface area (Å²) in [6.45, 7) is 3.56. The van der Waals surface area contributed by atoms with E-state index in [0.717, 1.165) is 5.56 Å². The van der Waals surface area contributed by atoms with Crippen molar-refractivity contribution in [1.82, 2.24) is 0 Å². The second-order valence-electron chi connectivity index (χ2n) is 3.63. The summed E-state index contributed by atoms with van der Waals surface area (Å²) in [6, 6.07) is 3.49. The van der Waals surface area contributed by atoms with Crippen molar-refractivity contribution < 1.29 is 19.4 Å². The molecule has 0 amide bonds. The van der Waals surface area contributed by atoms with Crippen molar-refractivity contribution in [2.75, 3.05) is 19.1 Å². The minimum atomic E-state index is -0.510. The molecule has 17 heavy (non-hydrogen) atoms. The van der Waals surface area contributed by atoms with Crippen LogP contribution in [0.15, 0.2) is 12.1 Å².